The average Bonchev–Trinajstić information content (AvgIpc) is 3.92. The largest absolute Gasteiger partial charge is 0.378 e. The van der Waals surface area contributed by atoms with Crippen LogP contribution in [-0.4, -0.2) is 52.6 Å². The number of morpholine rings is 1. The fraction of sp³-hybridized carbons (Fsp3) is 0.333. The van der Waals surface area contributed by atoms with Crippen molar-refractivity contribution in [2.45, 2.75) is 52.0 Å². The van der Waals surface area contributed by atoms with E-state index in [0.29, 0.717) is 54.5 Å². The maximum Gasteiger partial charge on any atom is 0.293 e. The van der Waals surface area contributed by atoms with Crippen LogP contribution in [0.15, 0.2) is 77.7 Å². The molecule has 0 atom stereocenters. The lowest BCUT2D eigenvalue weighted by molar-refractivity contribution is 0.0303. The van der Waals surface area contributed by atoms with Crippen molar-refractivity contribution < 1.29 is 14.3 Å². The molecule has 1 aliphatic carbocycles. The minimum absolute atomic E-state index is 0.0343. The van der Waals surface area contributed by atoms with Gasteiger partial charge in [0.1, 0.15) is 0 Å². The first-order valence-electron chi connectivity index (χ1n) is 15.8. The van der Waals surface area contributed by atoms with Crippen molar-refractivity contribution in [2.75, 3.05) is 36.9 Å². The smallest absolute Gasteiger partial charge is 0.293 e. The molecule has 0 radical (unpaired) electrons. The van der Waals surface area contributed by atoms with Gasteiger partial charge in [-0.2, -0.15) is 0 Å². The molecule has 0 unspecified atom stereocenters. The summed E-state index contributed by atoms with van der Waals surface area (Å²) in [5.74, 6) is 0.0362. The lowest BCUT2D eigenvalue weighted by Crippen LogP contribution is -2.40. The lowest BCUT2D eigenvalue weighted by atomic mass is 10.0. The zero-order chi connectivity index (χ0) is 31.3. The summed E-state index contributed by atoms with van der Waals surface area (Å²) in [5, 5.41) is 6.32. The topological polar surface area (TPSA) is 106 Å². The number of nitrogens with one attached hydrogen (secondary N) is 2. The van der Waals surface area contributed by atoms with Gasteiger partial charge in [-0.05, 0) is 80.1 Å². The summed E-state index contributed by atoms with van der Waals surface area (Å²) in [5.41, 5.74) is 5.81. The second kappa shape index (κ2) is 13.5. The molecule has 9 nitrogen and oxygen atoms in total. The van der Waals surface area contributed by atoms with Crippen LogP contribution in [-0.2, 0) is 11.2 Å². The van der Waals surface area contributed by atoms with Crippen molar-refractivity contribution in [3.05, 3.63) is 106 Å². The van der Waals surface area contributed by atoms with E-state index in [4.69, 9.17) is 9.72 Å². The lowest BCUT2D eigenvalue weighted by Gasteiger charge is -2.26. The van der Waals surface area contributed by atoms with Crippen molar-refractivity contribution in [1.29, 1.82) is 0 Å². The van der Waals surface area contributed by atoms with Crippen LogP contribution in [0.4, 0.5) is 17.2 Å². The number of amides is 2. The van der Waals surface area contributed by atoms with E-state index in [1.807, 2.05) is 55.6 Å². The first kappa shape index (κ1) is 30.3. The summed E-state index contributed by atoms with van der Waals surface area (Å²) >= 11 is 0. The highest BCUT2D eigenvalue weighted by Gasteiger charge is 2.27. The first-order valence-corrected chi connectivity index (χ1v) is 15.8. The Balaban J connectivity index is 1.26. The molecule has 45 heavy (non-hydrogen) atoms. The van der Waals surface area contributed by atoms with E-state index >= 15 is 0 Å². The highest BCUT2D eigenvalue weighted by atomic mass is 16.5. The maximum absolute atomic E-state index is 13.5. The minimum atomic E-state index is -0.194. The van der Waals surface area contributed by atoms with E-state index < -0.39 is 0 Å². The van der Waals surface area contributed by atoms with Crippen molar-refractivity contribution >= 4 is 29.0 Å². The van der Waals surface area contributed by atoms with Gasteiger partial charge in [0, 0.05) is 53.4 Å². The molecule has 6 rings (SSSR count). The van der Waals surface area contributed by atoms with Crippen molar-refractivity contribution in [3.8, 4) is 11.3 Å². The Labute approximate surface area is 263 Å². The molecule has 1 aliphatic heterocycles. The standard InChI is InChI=1S/C36H39N5O4/c1-3-4-8-25-9-5-6-10-30(25)34(42)39-31-12-7-11-29(24(31)2)32-23-41(28-17-18-28)36(44)33(38-32)37-27-15-13-26(14-16-27)35(43)40-19-21-45-22-20-40/h5-7,9-16,23,28H,3-4,8,17-22H2,1-2H3,(H,37,38)(H,39,42). The Bertz CT molecular complexity index is 1750. The number of rotatable bonds is 10. The second-order valence-corrected chi connectivity index (χ2v) is 11.7. The monoisotopic (exact) mass is 605 g/mol. The summed E-state index contributed by atoms with van der Waals surface area (Å²) in [6, 6.07) is 20.7. The molecule has 2 aliphatic rings. The van der Waals surface area contributed by atoms with Crippen molar-refractivity contribution in [2.24, 2.45) is 0 Å². The van der Waals surface area contributed by atoms with Crippen LogP contribution in [0.5, 0.6) is 0 Å². The van der Waals surface area contributed by atoms with Gasteiger partial charge in [0.05, 0.1) is 18.9 Å². The van der Waals surface area contributed by atoms with Crippen molar-refractivity contribution in [1.82, 2.24) is 14.5 Å². The van der Waals surface area contributed by atoms with Gasteiger partial charge >= 0.3 is 0 Å². The third-order valence-electron chi connectivity index (χ3n) is 8.48. The minimum Gasteiger partial charge on any atom is -0.378 e. The number of carbonyl (C=O) groups is 2. The SMILES string of the molecule is CCCCc1ccccc1C(=O)Nc1cccc(-c2cn(C3CC3)c(=O)c(Nc3ccc(C(=O)N4CCOCC4)cc3)n2)c1C. The fourth-order valence-corrected chi connectivity index (χ4v) is 5.69. The number of hydrogen-bond acceptors (Lipinski definition) is 6. The molecule has 232 valence electrons. The molecule has 0 bridgehead atoms. The van der Waals surface area contributed by atoms with Crippen LogP contribution in [0.3, 0.4) is 0 Å². The summed E-state index contributed by atoms with van der Waals surface area (Å²) in [4.78, 5) is 46.3. The molecule has 2 N–H and O–H groups in total. The molecular weight excluding hydrogens is 566 g/mol. The number of anilines is 3. The fourth-order valence-electron chi connectivity index (χ4n) is 5.69. The predicted molar refractivity (Wildman–Crippen MR) is 176 cm³/mol. The van der Waals surface area contributed by atoms with E-state index in [9.17, 15) is 14.4 Å². The molecule has 1 saturated heterocycles. The van der Waals surface area contributed by atoms with E-state index in [2.05, 4.69) is 17.6 Å². The van der Waals surface area contributed by atoms with Crippen LogP contribution < -0.4 is 16.2 Å². The third-order valence-corrected chi connectivity index (χ3v) is 8.48. The van der Waals surface area contributed by atoms with Gasteiger partial charge in [0.2, 0.25) is 0 Å². The van der Waals surface area contributed by atoms with Crippen LogP contribution in [0.2, 0.25) is 0 Å². The summed E-state index contributed by atoms with van der Waals surface area (Å²) in [7, 11) is 0. The number of aryl methyl sites for hydroxylation is 1. The summed E-state index contributed by atoms with van der Waals surface area (Å²) in [6.45, 7) is 6.34. The highest BCUT2D eigenvalue weighted by molar-refractivity contribution is 6.06. The Morgan fingerprint density at radius 3 is 2.47 bits per heavy atom. The van der Waals surface area contributed by atoms with Gasteiger partial charge in [-0.15, -0.1) is 0 Å². The number of nitrogens with zero attached hydrogens (tertiary/aromatic N) is 3. The molecule has 4 aromatic rings. The summed E-state index contributed by atoms with van der Waals surface area (Å²) < 4.78 is 7.12. The first-order chi connectivity index (χ1) is 21.9. The van der Waals surface area contributed by atoms with E-state index in [1.54, 1.807) is 33.7 Å². The maximum atomic E-state index is 13.5. The normalized spacial score (nSPS) is 14.7. The van der Waals surface area contributed by atoms with Crippen LogP contribution in [0, 0.1) is 6.92 Å². The van der Waals surface area contributed by atoms with Gasteiger partial charge in [0.25, 0.3) is 17.4 Å². The Hall–Kier alpha value is -4.76. The second-order valence-electron chi connectivity index (χ2n) is 11.7. The predicted octanol–water partition coefficient (Wildman–Crippen LogP) is 6.36. The molecule has 9 heteroatoms. The molecule has 0 spiro atoms. The number of unbranched alkanes of at least 4 members (excludes halogenated alkanes) is 1. The molecule has 2 fully saturated rings. The number of carbonyl (C=O) groups excluding carboxylic acids is 2. The van der Waals surface area contributed by atoms with E-state index in [0.717, 1.165) is 48.8 Å². The summed E-state index contributed by atoms with van der Waals surface area (Å²) in [6.07, 6.45) is 6.64. The Kier molecular flexibility index (Phi) is 9.07. The Morgan fingerprint density at radius 2 is 1.73 bits per heavy atom. The number of benzene rings is 3. The van der Waals surface area contributed by atoms with E-state index in [1.165, 1.54) is 0 Å². The molecule has 1 aromatic heterocycles. The number of aromatic nitrogens is 2. The van der Waals surface area contributed by atoms with E-state index in [-0.39, 0.29) is 29.2 Å². The molecule has 1 saturated carbocycles. The molecule has 2 amide bonds. The molecule has 2 heterocycles. The molecule has 3 aromatic carbocycles. The average molecular weight is 606 g/mol. The third kappa shape index (κ3) is 6.83. The van der Waals surface area contributed by atoms with Crippen LogP contribution in [0.25, 0.3) is 11.3 Å². The molecular formula is C36H39N5O4. The Morgan fingerprint density at radius 1 is 0.978 bits per heavy atom. The van der Waals surface area contributed by atoms with Gasteiger partial charge in [-0.25, -0.2) is 4.98 Å². The van der Waals surface area contributed by atoms with Crippen molar-refractivity contribution in [3.63, 3.8) is 0 Å². The number of hydrogen-bond donors (Lipinski definition) is 2. The zero-order valence-electron chi connectivity index (χ0n) is 25.8. The van der Waals surface area contributed by atoms with Gasteiger partial charge < -0.3 is 24.8 Å². The van der Waals surface area contributed by atoms with Crippen LogP contribution >= 0.6 is 0 Å². The van der Waals surface area contributed by atoms with Gasteiger partial charge in [-0.1, -0.05) is 43.7 Å². The van der Waals surface area contributed by atoms with Gasteiger partial charge in [0.15, 0.2) is 5.82 Å². The quantitative estimate of drug-likeness (QED) is 0.218. The van der Waals surface area contributed by atoms with Crippen LogP contribution in [0.1, 0.15) is 70.5 Å². The highest BCUT2D eigenvalue weighted by Crippen LogP contribution is 2.36. The zero-order valence-corrected chi connectivity index (χ0v) is 25.8. The number of ether oxygens (including phenoxy) is 1. The van der Waals surface area contributed by atoms with Gasteiger partial charge in [-0.3, -0.25) is 14.4 Å².